The number of aliphatic imine (C=N–C) groups is 2. The Bertz CT molecular complexity index is 926. The number of methoxy groups -OCH3 is 1. The van der Waals surface area contributed by atoms with Gasteiger partial charge in [-0.05, 0) is 42.7 Å². The van der Waals surface area contributed by atoms with Gasteiger partial charge in [0.05, 0.1) is 24.2 Å². The summed E-state index contributed by atoms with van der Waals surface area (Å²) >= 11 is 3.55. The highest BCUT2D eigenvalue weighted by Gasteiger charge is 2.25. The molecule has 0 unspecified atom stereocenters. The SMILES string of the molecule is COC(=O)CC[C@@H]1N=C(c2ccccn2)c2cc(Br)ccc2N=C1NCC(C)C. The lowest BCUT2D eigenvalue weighted by Crippen LogP contribution is -2.36. The van der Waals surface area contributed by atoms with E-state index >= 15 is 0 Å². The fraction of sp³-hybridized carbons (Fsp3) is 0.364. The molecule has 1 aliphatic heterocycles. The van der Waals surface area contributed by atoms with Gasteiger partial charge in [0, 0.05) is 29.2 Å². The minimum absolute atomic E-state index is 0.257. The molecule has 0 spiro atoms. The van der Waals surface area contributed by atoms with Crippen LogP contribution in [-0.4, -0.2) is 42.2 Å². The molecular formula is C22H25BrN4O2. The molecule has 1 aliphatic rings. The Balaban J connectivity index is 2.09. The summed E-state index contributed by atoms with van der Waals surface area (Å²) in [6.45, 7) is 5.05. The van der Waals surface area contributed by atoms with Crippen LogP contribution in [0.2, 0.25) is 0 Å². The molecule has 7 heteroatoms. The molecule has 1 aromatic heterocycles. The van der Waals surface area contributed by atoms with Gasteiger partial charge >= 0.3 is 5.97 Å². The standard InChI is InChI=1S/C22H25BrN4O2/c1-14(2)13-25-22-19(9-10-20(28)29-3)26-21(18-6-4-5-11-24-18)16-12-15(23)7-8-17(16)27-22/h4-8,11-12,14,19H,9-10,13H2,1-3H3,(H,25,27)/t19-/m0/s1. The molecule has 152 valence electrons. The van der Waals surface area contributed by atoms with Crippen molar-refractivity contribution in [3.05, 3.63) is 58.3 Å². The van der Waals surface area contributed by atoms with E-state index in [1.54, 1.807) is 6.20 Å². The van der Waals surface area contributed by atoms with E-state index in [0.717, 1.165) is 39.5 Å². The van der Waals surface area contributed by atoms with Gasteiger partial charge in [-0.3, -0.25) is 14.8 Å². The predicted octanol–water partition coefficient (Wildman–Crippen LogP) is 4.29. The molecule has 2 heterocycles. The summed E-state index contributed by atoms with van der Waals surface area (Å²) in [5.41, 5.74) is 3.27. The van der Waals surface area contributed by atoms with Gasteiger partial charge in [-0.1, -0.05) is 35.8 Å². The van der Waals surface area contributed by atoms with Crippen molar-refractivity contribution >= 4 is 39.1 Å². The fourth-order valence-corrected chi connectivity index (χ4v) is 3.38. The zero-order valence-corrected chi connectivity index (χ0v) is 18.4. The maximum absolute atomic E-state index is 11.8. The van der Waals surface area contributed by atoms with Crippen LogP contribution in [0.5, 0.6) is 0 Å². The molecule has 0 saturated carbocycles. The molecule has 29 heavy (non-hydrogen) atoms. The lowest BCUT2D eigenvalue weighted by molar-refractivity contribution is -0.140. The van der Waals surface area contributed by atoms with Gasteiger partial charge in [-0.15, -0.1) is 0 Å². The number of amidine groups is 1. The first-order valence-corrected chi connectivity index (χ1v) is 10.5. The second kappa shape index (κ2) is 9.78. The third kappa shape index (κ3) is 5.50. The van der Waals surface area contributed by atoms with Crippen molar-refractivity contribution in [1.82, 2.24) is 10.3 Å². The van der Waals surface area contributed by atoms with Gasteiger partial charge in [0.2, 0.25) is 0 Å². The summed E-state index contributed by atoms with van der Waals surface area (Å²) in [7, 11) is 1.40. The van der Waals surface area contributed by atoms with Crippen LogP contribution in [0.25, 0.3) is 0 Å². The molecule has 0 fully saturated rings. The van der Waals surface area contributed by atoms with Crippen LogP contribution in [0.15, 0.2) is 57.1 Å². The number of carbonyl (C=O) groups is 1. The van der Waals surface area contributed by atoms with Crippen molar-refractivity contribution in [3.8, 4) is 0 Å². The number of hydrogen-bond acceptors (Lipinski definition) is 6. The highest BCUT2D eigenvalue weighted by molar-refractivity contribution is 9.10. The first-order valence-electron chi connectivity index (χ1n) is 9.66. The summed E-state index contributed by atoms with van der Waals surface area (Å²) in [6, 6.07) is 11.4. The van der Waals surface area contributed by atoms with Crippen LogP contribution in [0.4, 0.5) is 5.69 Å². The van der Waals surface area contributed by atoms with E-state index in [4.69, 9.17) is 14.7 Å². The molecule has 0 amide bonds. The quantitative estimate of drug-likeness (QED) is 0.657. The number of carbonyl (C=O) groups excluding carboxylic acids is 1. The number of esters is 1. The Hall–Kier alpha value is -2.54. The molecule has 0 radical (unpaired) electrons. The Morgan fingerprint density at radius 2 is 2.10 bits per heavy atom. The summed E-state index contributed by atoms with van der Waals surface area (Å²) in [6.07, 6.45) is 2.52. The molecule has 6 nitrogen and oxygen atoms in total. The number of nitrogens with one attached hydrogen (secondary N) is 1. The Kier molecular flexibility index (Phi) is 7.14. The van der Waals surface area contributed by atoms with Crippen molar-refractivity contribution in [2.75, 3.05) is 13.7 Å². The van der Waals surface area contributed by atoms with Gasteiger partial charge in [0.25, 0.3) is 0 Å². The number of hydrogen-bond donors (Lipinski definition) is 1. The van der Waals surface area contributed by atoms with Gasteiger partial charge in [0.15, 0.2) is 0 Å². The molecule has 0 aliphatic carbocycles. The van der Waals surface area contributed by atoms with Gasteiger partial charge in [-0.2, -0.15) is 0 Å². The van der Waals surface area contributed by atoms with Crippen molar-refractivity contribution in [1.29, 1.82) is 0 Å². The molecule has 1 atom stereocenters. The molecule has 2 aromatic rings. The highest BCUT2D eigenvalue weighted by Crippen LogP contribution is 2.30. The van der Waals surface area contributed by atoms with E-state index < -0.39 is 0 Å². The second-order valence-electron chi connectivity index (χ2n) is 7.26. The molecule has 3 rings (SSSR count). The van der Waals surface area contributed by atoms with Gasteiger partial charge in [-0.25, -0.2) is 4.99 Å². The van der Waals surface area contributed by atoms with Crippen LogP contribution in [0.3, 0.4) is 0 Å². The normalized spacial score (nSPS) is 15.8. The van der Waals surface area contributed by atoms with Crippen LogP contribution < -0.4 is 5.32 Å². The van der Waals surface area contributed by atoms with E-state index in [1.807, 2.05) is 36.4 Å². The Morgan fingerprint density at radius 3 is 2.79 bits per heavy atom. The predicted molar refractivity (Wildman–Crippen MR) is 119 cm³/mol. The highest BCUT2D eigenvalue weighted by atomic mass is 79.9. The number of pyridine rings is 1. The third-order valence-corrected chi connectivity index (χ3v) is 5.00. The minimum Gasteiger partial charge on any atom is -0.469 e. The third-order valence-electron chi connectivity index (χ3n) is 4.50. The Morgan fingerprint density at radius 1 is 1.28 bits per heavy atom. The summed E-state index contributed by atoms with van der Waals surface area (Å²) in [4.78, 5) is 26.2. The van der Waals surface area contributed by atoms with Crippen molar-refractivity contribution in [3.63, 3.8) is 0 Å². The average molecular weight is 457 g/mol. The van der Waals surface area contributed by atoms with Crippen LogP contribution in [-0.2, 0) is 9.53 Å². The largest absolute Gasteiger partial charge is 0.469 e. The van der Waals surface area contributed by atoms with E-state index in [2.05, 4.69) is 40.1 Å². The lowest BCUT2D eigenvalue weighted by Gasteiger charge is -2.18. The number of ether oxygens (including phenoxy) is 1. The smallest absolute Gasteiger partial charge is 0.305 e. The first kappa shape index (κ1) is 21.2. The summed E-state index contributed by atoms with van der Waals surface area (Å²) < 4.78 is 5.77. The number of aromatic nitrogens is 1. The molecule has 1 N–H and O–H groups in total. The van der Waals surface area contributed by atoms with Crippen molar-refractivity contribution < 1.29 is 9.53 Å². The Labute approximate surface area is 179 Å². The van der Waals surface area contributed by atoms with Crippen LogP contribution in [0, 0.1) is 5.92 Å². The molecule has 0 saturated heterocycles. The maximum atomic E-state index is 11.8. The van der Waals surface area contributed by atoms with Gasteiger partial charge in [0.1, 0.15) is 11.9 Å². The minimum atomic E-state index is -0.295. The summed E-state index contributed by atoms with van der Waals surface area (Å²) in [5.74, 6) is 0.954. The number of benzene rings is 1. The number of nitrogens with zero attached hydrogens (tertiary/aromatic N) is 3. The number of fused-ring (bicyclic) bond motifs is 1. The maximum Gasteiger partial charge on any atom is 0.305 e. The average Bonchev–Trinajstić information content (AvgIpc) is 2.87. The van der Waals surface area contributed by atoms with Gasteiger partial charge < -0.3 is 10.1 Å². The van der Waals surface area contributed by atoms with Crippen molar-refractivity contribution in [2.24, 2.45) is 15.9 Å². The van der Waals surface area contributed by atoms with E-state index in [0.29, 0.717) is 12.3 Å². The topological polar surface area (TPSA) is 75.9 Å². The van der Waals surface area contributed by atoms with Crippen LogP contribution in [0.1, 0.15) is 37.9 Å². The van der Waals surface area contributed by atoms with E-state index in [-0.39, 0.29) is 18.4 Å². The van der Waals surface area contributed by atoms with E-state index in [1.165, 1.54) is 7.11 Å². The van der Waals surface area contributed by atoms with Crippen molar-refractivity contribution in [2.45, 2.75) is 32.7 Å². The molecule has 1 aromatic carbocycles. The summed E-state index contributed by atoms with van der Waals surface area (Å²) in [5, 5.41) is 3.44. The number of halogens is 1. The zero-order valence-electron chi connectivity index (χ0n) is 16.9. The fourth-order valence-electron chi connectivity index (χ4n) is 3.02. The van der Waals surface area contributed by atoms with E-state index in [9.17, 15) is 4.79 Å². The zero-order chi connectivity index (χ0) is 20.8. The molecular weight excluding hydrogens is 432 g/mol. The second-order valence-corrected chi connectivity index (χ2v) is 8.17. The number of rotatable bonds is 6. The lowest BCUT2D eigenvalue weighted by atomic mass is 10.0. The first-order chi connectivity index (χ1) is 14.0. The monoisotopic (exact) mass is 456 g/mol. The molecule has 0 bridgehead atoms. The van der Waals surface area contributed by atoms with Crippen LogP contribution >= 0.6 is 15.9 Å².